The van der Waals surface area contributed by atoms with E-state index in [4.69, 9.17) is 5.73 Å². The number of benzene rings is 1. The number of carbonyl (C=O) groups is 1. The van der Waals surface area contributed by atoms with E-state index in [1.54, 1.807) is 24.3 Å². The van der Waals surface area contributed by atoms with Gasteiger partial charge in [0.1, 0.15) is 11.4 Å². The second-order valence-electron chi connectivity index (χ2n) is 4.37. The van der Waals surface area contributed by atoms with Gasteiger partial charge in [-0.3, -0.25) is 4.98 Å². The van der Waals surface area contributed by atoms with Crippen LogP contribution in [-0.2, 0) is 6.54 Å². The third-order valence-electron chi connectivity index (χ3n) is 2.96. The molecule has 1 aromatic heterocycles. The van der Waals surface area contributed by atoms with Crippen LogP contribution in [0, 0.1) is 5.82 Å². The van der Waals surface area contributed by atoms with Crippen LogP contribution in [0.1, 0.15) is 15.9 Å². The molecule has 0 spiro atoms. The number of anilines is 2. The van der Waals surface area contributed by atoms with Gasteiger partial charge >= 0.3 is 5.97 Å². The first kappa shape index (κ1) is 13.8. The van der Waals surface area contributed by atoms with Gasteiger partial charge in [-0.1, -0.05) is 0 Å². The van der Waals surface area contributed by atoms with Crippen molar-refractivity contribution in [3.05, 3.63) is 53.6 Å². The summed E-state index contributed by atoms with van der Waals surface area (Å²) in [7, 11) is 1.72. The number of halogens is 1. The van der Waals surface area contributed by atoms with Crippen LogP contribution >= 0.6 is 0 Å². The predicted molar refractivity (Wildman–Crippen MR) is 74.1 cm³/mol. The van der Waals surface area contributed by atoms with E-state index in [0.717, 1.165) is 5.56 Å². The highest BCUT2D eigenvalue weighted by atomic mass is 19.1. The Morgan fingerprint density at radius 1 is 1.35 bits per heavy atom. The number of pyridine rings is 1. The summed E-state index contributed by atoms with van der Waals surface area (Å²) in [5.41, 5.74) is 6.28. The summed E-state index contributed by atoms with van der Waals surface area (Å²) in [6.45, 7) is 0.466. The van der Waals surface area contributed by atoms with Crippen molar-refractivity contribution in [1.29, 1.82) is 0 Å². The van der Waals surface area contributed by atoms with Gasteiger partial charge in [0.05, 0.1) is 11.4 Å². The standard InChI is InChI=1S/C14H14FN3O2/c1-18(8-9-4-6-17-7-5-9)11-3-2-10(15)13(16)12(11)14(19)20/h2-7H,8,16H2,1H3,(H,19,20). The van der Waals surface area contributed by atoms with E-state index in [1.165, 1.54) is 12.1 Å². The Bertz CT molecular complexity index is 632. The summed E-state index contributed by atoms with van der Waals surface area (Å²) in [4.78, 5) is 16.9. The molecule has 0 atom stereocenters. The van der Waals surface area contributed by atoms with Crippen molar-refractivity contribution in [3.8, 4) is 0 Å². The zero-order valence-electron chi connectivity index (χ0n) is 10.9. The quantitative estimate of drug-likeness (QED) is 0.836. The number of carboxylic acid groups (broad SMARTS) is 1. The van der Waals surface area contributed by atoms with Crippen LogP contribution < -0.4 is 10.6 Å². The van der Waals surface area contributed by atoms with E-state index >= 15 is 0 Å². The summed E-state index contributed by atoms with van der Waals surface area (Å²) in [6.07, 6.45) is 3.31. The second-order valence-corrected chi connectivity index (χ2v) is 4.37. The van der Waals surface area contributed by atoms with Crippen LogP contribution in [0.5, 0.6) is 0 Å². The largest absolute Gasteiger partial charge is 0.478 e. The summed E-state index contributed by atoms with van der Waals surface area (Å²) in [6, 6.07) is 6.23. The van der Waals surface area contributed by atoms with Crippen LogP contribution in [0.2, 0.25) is 0 Å². The van der Waals surface area contributed by atoms with Gasteiger partial charge < -0.3 is 15.7 Å². The molecule has 0 saturated heterocycles. The molecule has 1 aromatic carbocycles. The molecule has 0 aliphatic carbocycles. The molecule has 0 saturated carbocycles. The fourth-order valence-corrected chi connectivity index (χ4v) is 1.97. The summed E-state index contributed by atoms with van der Waals surface area (Å²) < 4.78 is 13.4. The molecule has 3 N–H and O–H groups in total. The molecule has 5 nitrogen and oxygen atoms in total. The maximum Gasteiger partial charge on any atom is 0.340 e. The molecule has 20 heavy (non-hydrogen) atoms. The fraction of sp³-hybridized carbons (Fsp3) is 0.143. The Hall–Kier alpha value is -2.63. The number of hydrogen-bond acceptors (Lipinski definition) is 4. The van der Waals surface area contributed by atoms with E-state index in [0.29, 0.717) is 12.2 Å². The van der Waals surface area contributed by atoms with Crippen molar-refractivity contribution >= 4 is 17.3 Å². The number of carboxylic acids is 1. The highest BCUT2D eigenvalue weighted by Gasteiger charge is 2.19. The van der Waals surface area contributed by atoms with Gasteiger partial charge in [0.25, 0.3) is 0 Å². The van der Waals surface area contributed by atoms with Crippen LogP contribution in [0.25, 0.3) is 0 Å². The monoisotopic (exact) mass is 275 g/mol. The van der Waals surface area contributed by atoms with Crippen LogP contribution in [-0.4, -0.2) is 23.1 Å². The molecule has 0 aliphatic heterocycles. The Morgan fingerprint density at radius 3 is 2.60 bits per heavy atom. The predicted octanol–water partition coefficient (Wildman–Crippen LogP) is 2.14. The van der Waals surface area contributed by atoms with Crippen molar-refractivity contribution in [2.24, 2.45) is 0 Å². The Labute approximate surface area is 115 Å². The maximum absolute atomic E-state index is 13.4. The minimum absolute atomic E-state index is 0.221. The van der Waals surface area contributed by atoms with E-state index in [-0.39, 0.29) is 11.3 Å². The first-order valence-corrected chi connectivity index (χ1v) is 5.92. The maximum atomic E-state index is 13.4. The topological polar surface area (TPSA) is 79.5 Å². The van der Waals surface area contributed by atoms with Gasteiger partial charge in [0.15, 0.2) is 0 Å². The summed E-state index contributed by atoms with van der Waals surface area (Å²) in [5.74, 6) is -1.98. The van der Waals surface area contributed by atoms with Gasteiger partial charge in [-0.25, -0.2) is 9.18 Å². The second kappa shape index (κ2) is 5.56. The molecule has 104 valence electrons. The van der Waals surface area contributed by atoms with Crippen LogP contribution in [0.15, 0.2) is 36.7 Å². The number of nitrogens with two attached hydrogens (primary N) is 1. The minimum atomic E-state index is -1.25. The molecule has 0 amide bonds. The number of rotatable bonds is 4. The number of aromatic carboxylic acids is 1. The lowest BCUT2D eigenvalue weighted by Gasteiger charge is -2.22. The Kier molecular flexibility index (Phi) is 3.84. The van der Waals surface area contributed by atoms with Gasteiger partial charge in [-0.2, -0.15) is 0 Å². The highest BCUT2D eigenvalue weighted by molar-refractivity contribution is 6.00. The highest BCUT2D eigenvalue weighted by Crippen LogP contribution is 2.28. The molecule has 2 aromatic rings. The molecule has 0 radical (unpaired) electrons. The Balaban J connectivity index is 2.37. The van der Waals surface area contributed by atoms with E-state index in [9.17, 15) is 14.3 Å². The molecule has 1 heterocycles. The average molecular weight is 275 g/mol. The smallest absolute Gasteiger partial charge is 0.340 e. The number of hydrogen-bond donors (Lipinski definition) is 2. The van der Waals surface area contributed by atoms with Crippen molar-refractivity contribution in [3.63, 3.8) is 0 Å². The van der Waals surface area contributed by atoms with Gasteiger partial charge in [-0.05, 0) is 29.8 Å². The molecular formula is C14H14FN3O2. The lowest BCUT2D eigenvalue weighted by molar-refractivity contribution is 0.0698. The molecule has 0 unspecified atom stereocenters. The number of aromatic nitrogens is 1. The van der Waals surface area contributed by atoms with E-state index in [1.807, 2.05) is 12.1 Å². The number of nitrogen functional groups attached to an aromatic ring is 1. The normalized spacial score (nSPS) is 10.3. The Morgan fingerprint density at radius 2 is 2.00 bits per heavy atom. The lowest BCUT2D eigenvalue weighted by atomic mass is 10.1. The first-order valence-electron chi connectivity index (χ1n) is 5.92. The van der Waals surface area contributed by atoms with Crippen LogP contribution in [0.4, 0.5) is 15.8 Å². The van der Waals surface area contributed by atoms with E-state index < -0.39 is 11.8 Å². The zero-order valence-corrected chi connectivity index (χ0v) is 10.9. The van der Waals surface area contributed by atoms with Crippen molar-refractivity contribution in [1.82, 2.24) is 4.98 Å². The molecule has 0 aliphatic rings. The SMILES string of the molecule is CN(Cc1ccncc1)c1ccc(F)c(N)c1C(=O)O. The van der Waals surface area contributed by atoms with Crippen molar-refractivity contribution in [2.45, 2.75) is 6.54 Å². The van der Waals surface area contributed by atoms with Gasteiger partial charge in [-0.15, -0.1) is 0 Å². The number of nitrogens with zero attached hydrogens (tertiary/aromatic N) is 2. The minimum Gasteiger partial charge on any atom is -0.478 e. The van der Waals surface area contributed by atoms with Gasteiger partial charge in [0, 0.05) is 26.0 Å². The molecule has 0 bridgehead atoms. The summed E-state index contributed by atoms with van der Waals surface area (Å²) >= 11 is 0. The molecular weight excluding hydrogens is 261 g/mol. The van der Waals surface area contributed by atoms with Crippen molar-refractivity contribution < 1.29 is 14.3 Å². The average Bonchev–Trinajstić information content (AvgIpc) is 2.42. The lowest BCUT2D eigenvalue weighted by Crippen LogP contribution is -2.20. The molecule has 6 heteroatoms. The van der Waals surface area contributed by atoms with Gasteiger partial charge in [0.2, 0.25) is 0 Å². The van der Waals surface area contributed by atoms with Crippen LogP contribution in [0.3, 0.4) is 0 Å². The molecule has 0 fully saturated rings. The third kappa shape index (κ3) is 2.69. The molecule has 2 rings (SSSR count). The van der Waals surface area contributed by atoms with Crippen molar-refractivity contribution in [2.75, 3.05) is 17.7 Å². The third-order valence-corrected chi connectivity index (χ3v) is 2.96. The first-order chi connectivity index (χ1) is 9.50. The zero-order chi connectivity index (χ0) is 14.7. The fourth-order valence-electron chi connectivity index (χ4n) is 1.97. The van der Waals surface area contributed by atoms with E-state index in [2.05, 4.69) is 4.98 Å². The summed E-state index contributed by atoms with van der Waals surface area (Å²) in [5, 5.41) is 9.20.